The molecule has 0 aliphatic rings. The van der Waals surface area contributed by atoms with Gasteiger partial charge in [0.15, 0.2) is 12.4 Å². The van der Waals surface area contributed by atoms with E-state index in [1.807, 2.05) is 0 Å². The third kappa shape index (κ3) is 5.96. The number of anilines is 2. The molecule has 0 aliphatic heterocycles. The number of nitrogens with one attached hydrogen (secondary N) is 2. The molecule has 0 unspecified atom stereocenters. The standard InChI is InChI=1S/C21H19N3O5/c22-19(25)11-14-6-8-15(9-7-14)23-20(26)13-29-17-4-1-3-16(12-17)24-21(27)18-5-2-10-28-18/h1-10,12H,11,13H2,(H2,22,25)(H,23,26)(H,24,27). The molecular weight excluding hydrogens is 374 g/mol. The highest BCUT2D eigenvalue weighted by Crippen LogP contribution is 2.18. The minimum Gasteiger partial charge on any atom is -0.484 e. The maximum atomic E-state index is 12.1. The Morgan fingerprint density at radius 1 is 0.931 bits per heavy atom. The Balaban J connectivity index is 1.51. The molecule has 148 valence electrons. The zero-order valence-electron chi connectivity index (χ0n) is 15.4. The van der Waals surface area contributed by atoms with E-state index >= 15 is 0 Å². The van der Waals surface area contributed by atoms with Gasteiger partial charge in [-0.3, -0.25) is 14.4 Å². The molecule has 3 aromatic rings. The number of amides is 3. The minimum absolute atomic E-state index is 0.143. The van der Waals surface area contributed by atoms with Crippen molar-refractivity contribution in [2.45, 2.75) is 6.42 Å². The zero-order valence-corrected chi connectivity index (χ0v) is 15.4. The van der Waals surface area contributed by atoms with E-state index in [-0.39, 0.29) is 30.6 Å². The smallest absolute Gasteiger partial charge is 0.291 e. The van der Waals surface area contributed by atoms with E-state index in [2.05, 4.69) is 10.6 Å². The highest BCUT2D eigenvalue weighted by atomic mass is 16.5. The number of hydrogen-bond donors (Lipinski definition) is 3. The van der Waals surface area contributed by atoms with Crippen molar-refractivity contribution >= 4 is 29.1 Å². The van der Waals surface area contributed by atoms with E-state index in [4.69, 9.17) is 14.9 Å². The molecule has 0 saturated heterocycles. The van der Waals surface area contributed by atoms with Crippen LogP contribution in [0.1, 0.15) is 16.1 Å². The van der Waals surface area contributed by atoms with Gasteiger partial charge in [0.25, 0.3) is 11.8 Å². The molecule has 0 atom stereocenters. The van der Waals surface area contributed by atoms with Crippen molar-refractivity contribution in [2.24, 2.45) is 5.73 Å². The molecule has 1 heterocycles. The molecule has 0 aliphatic carbocycles. The number of carbonyl (C=O) groups is 3. The fourth-order valence-corrected chi connectivity index (χ4v) is 2.52. The van der Waals surface area contributed by atoms with Crippen LogP contribution < -0.4 is 21.1 Å². The van der Waals surface area contributed by atoms with E-state index in [9.17, 15) is 14.4 Å². The van der Waals surface area contributed by atoms with Gasteiger partial charge in [0.2, 0.25) is 5.91 Å². The summed E-state index contributed by atoms with van der Waals surface area (Å²) in [7, 11) is 0. The topological polar surface area (TPSA) is 124 Å². The molecule has 8 nitrogen and oxygen atoms in total. The van der Waals surface area contributed by atoms with Gasteiger partial charge in [-0.25, -0.2) is 0 Å². The van der Waals surface area contributed by atoms with E-state index < -0.39 is 5.91 Å². The van der Waals surface area contributed by atoms with Crippen LogP contribution in [0.2, 0.25) is 0 Å². The second-order valence-electron chi connectivity index (χ2n) is 6.14. The van der Waals surface area contributed by atoms with Crippen molar-refractivity contribution < 1.29 is 23.5 Å². The summed E-state index contributed by atoms with van der Waals surface area (Å²) in [6.07, 6.45) is 1.56. The van der Waals surface area contributed by atoms with Gasteiger partial charge in [-0.15, -0.1) is 0 Å². The summed E-state index contributed by atoms with van der Waals surface area (Å²) < 4.78 is 10.5. The highest BCUT2D eigenvalue weighted by Gasteiger charge is 2.10. The Labute approximate surface area is 166 Å². The van der Waals surface area contributed by atoms with Crippen LogP contribution in [0, 0.1) is 0 Å². The second kappa shape index (κ2) is 9.23. The Morgan fingerprint density at radius 2 is 1.72 bits per heavy atom. The fraction of sp³-hybridized carbons (Fsp3) is 0.0952. The van der Waals surface area contributed by atoms with Crippen molar-refractivity contribution in [3.05, 3.63) is 78.3 Å². The first-order chi connectivity index (χ1) is 14.0. The lowest BCUT2D eigenvalue weighted by Crippen LogP contribution is -2.20. The van der Waals surface area contributed by atoms with Gasteiger partial charge in [-0.05, 0) is 42.0 Å². The SMILES string of the molecule is NC(=O)Cc1ccc(NC(=O)COc2cccc(NC(=O)c3ccco3)c2)cc1. The number of hydrogen-bond acceptors (Lipinski definition) is 5. The van der Waals surface area contributed by atoms with Crippen LogP contribution in [0.15, 0.2) is 71.3 Å². The number of benzene rings is 2. The molecule has 0 radical (unpaired) electrons. The van der Waals surface area contributed by atoms with Crippen LogP contribution in [0.25, 0.3) is 0 Å². The molecule has 3 rings (SSSR count). The lowest BCUT2D eigenvalue weighted by Gasteiger charge is -2.10. The number of rotatable bonds is 8. The summed E-state index contributed by atoms with van der Waals surface area (Å²) in [5.74, 6) is -0.535. The lowest BCUT2D eigenvalue weighted by atomic mass is 10.1. The minimum atomic E-state index is -0.419. The first kappa shape index (κ1) is 19.7. The molecule has 0 saturated carbocycles. The first-order valence-electron chi connectivity index (χ1n) is 8.74. The molecule has 29 heavy (non-hydrogen) atoms. The van der Waals surface area contributed by atoms with E-state index in [0.29, 0.717) is 17.1 Å². The summed E-state index contributed by atoms with van der Waals surface area (Å²) in [6.45, 7) is -0.210. The lowest BCUT2D eigenvalue weighted by molar-refractivity contribution is -0.118. The first-order valence-corrected chi connectivity index (χ1v) is 8.74. The molecule has 2 aromatic carbocycles. The van der Waals surface area contributed by atoms with Crippen LogP contribution in [0.4, 0.5) is 11.4 Å². The van der Waals surface area contributed by atoms with Gasteiger partial charge in [0, 0.05) is 17.4 Å². The van der Waals surface area contributed by atoms with Crippen molar-refractivity contribution in [1.29, 1.82) is 0 Å². The van der Waals surface area contributed by atoms with Crippen molar-refractivity contribution in [1.82, 2.24) is 0 Å². The maximum Gasteiger partial charge on any atom is 0.291 e. The largest absolute Gasteiger partial charge is 0.484 e. The number of nitrogens with two attached hydrogens (primary N) is 1. The van der Waals surface area contributed by atoms with E-state index in [0.717, 1.165) is 5.56 Å². The van der Waals surface area contributed by atoms with Crippen LogP contribution in [0.5, 0.6) is 5.75 Å². The van der Waals surface area contributed by atoms with Gasteiger partial charge < -0.3 is 25.5 Å². The third-order valence-electron chi connectivity index (χ3n) is 3.82. The zero-order chi connectivity index (χ0) is 20.6. The van der Waals surface area contributed by atoms with Gasteiger partial charge in [0.05, 0.1) is 12.7 Å². The predicted octanol–water partition coefficient (Wildman–Crippen LogP) is 2.58. The van der Waals surface area contributed by atoms with E-state index in [1.165, 1.54) is 6.26 Å². The van der Waals surface area contributed by atoms with E-state index in [1.54, 1.807) is 60.7 Å². The van der Waals surface area contributed by atoms with Gasteiger partial charge in [-0.1, -0.05) is 18.2 Å². The van der Waals surface area contributed by atoms with Crippen LogP contribution >= 0.6 is 0 Å². The summed E-state index contributed by atoms with van der Waals surface area (Å²) in [4.78, 5) is 35.0. The molecule has 4 N–H and O–H groups in total. The average molecular weight is 393 g/mol. The quantitative estimate of drug-likeness (QED) is 0.543. The molecular formula is C21H19N3O5. The molecule has 8 heteroatoms. The Bertz CT molecular complexity index is 997. The average Bonchev–Trinajstić information content (AvgIpc) is 3.23. The van der Waals surface area contributed by atoms with Crippen molar-refractivity contribution in [3.63, 3.8) is 0 Å². The molecule has 0 spiro atoms. The summed E-state index contributed by atoms with van der Waals surface area (Å²) >= 11 is 0. The fourth-order valence-electron chi connectivity index (χ4n) is 2.52. The van der Waals surface area contributed by atoms with Crippen LogP contribution in [-0.4, -0.2) is 24.3 Å². The van der Waals surface area contributed by atoms with Crippen molar-refractivity contribution in [2.75, 3.05) is 17.2 Å². The molecule has 3 amide bonds. The number of primary amides is 1. The summed E-state index contributed by atoms with van der Waals surface area (Å²) in [5, 5.41) is 5.38. The number of carbonyl (C=O) groups excluding carboxylic acids is 3. The van der Waals surface area contributed by atoms with Gasteiger partial charge in [-0.2, -0.15) is 0 Å². The monoisotopic (exact) mass is 393 g/mol. The Kier molecular flexibility index (Phi) is 6.26. The maximum absolute atomic E-state index is 12.1. The normalized spacial score (nSPS) is 10.2. The summed E-state index contributed by atoms with van der Waals surface area (Å²) in [5.41, 5.74) is 6.99. The Morgan fingerprint density at radius 3 is 2.41 bits per heavy atom. The molecule has 0 fully saturated rings. The number of furan rings is 1. The third-order valence-corrected chi connectivity index (χ3v) is 3.82. The van der Waals surface area contributed by atoms with Crippen LogP contribution in [0.3, 0.4) is 0 Å². The van der Waals surface area contributed by atoms with Gasteiger partial charge in [0.1, 0.15) is 5.75 Å². The Hall–Kier alpha value is -4.07. The second-order valence-corrected chi connectivity index (χ2v) is 6.14. The van der Waals surface area contributed by atoms with Gasteiger partial charge >= 0.3 is 0 Å². The van der Waals surface area contributed by atoms with Crippen molar-refractivity contribution in [3.8, 4) is 5.75 Å². The number of ether oxygens (including phenoxy) is 1. The molecule has 0 bridgehead atoms. The summed E-state index contributed by atoms with van der Waals surface area (Å²) in [6, 6.07) is 16.6. The van der Waals surface area contributed by atoms with Crippen LogP contribution in [-0.2, 0) is 16.0 Å². The predicted molar refractivity (Wildman–Crippen MR) is 107 cm³/mol. The highest BCUT2D eigenvalue weighted by molar-refractivity contribution is 6.02. The molecule has 1 aromatic heterocycles.